The van der Waals surface area contributed by atoms with E-state index in [4.69, 9.17) is 0 Å². The van der Waals surface area contributed by atoms with Crippen LogP contribution in [0.3, 0.4) is 0 Å². The van der Waals surface area contributed by atoms with Crippen LogP contribution in [-0.2, 0) is 0 Å². The number of nitrogens with zero attached hydrogens (tertiary/aromatic N) is 7. The van der Waals surface area contributed by atoms with Crippen molar-refractivity contribution in [3.8, 4) is 5.95 Å². The second-order valence-corrected chi connectivity index (χ2v) is 5.10. The van der Waals surface area contributed by atoms with Crippen LogP contribution >= 0.6 is 0 Å². The highest BCUT2D eigenvalue weighted by Gasteiger charge is 2.15. The average Bonchev–Trinajstić information content (AvgIpc) is 3.00. The van der Waals surface area contributed by atoms with E-state index >= 15 is 0 Å². The molecule has 0 atom stereocenters. The third-order valence-corrected chi connectivity index (χ3v) is 3.60. The molecule has 0 amide bonds. The molecule has 1 saturated heterocycles. The molecule has 2 aromatic rings. The van der Waals surface area contributed by atoms with Crippen LogP contribution in [0.5, 0.6) is 0 Å². The third kappa shape index (κ3) is 3.26. The van der Waals surface area contributed by atoms with Gasteiger partial charge in [-0.1, -0.05) is 19.3 Å². The molecule has 1 aliphatic heterocycles. The Kier molecular flexibility index (Phi) is 4.23. The summed E-state index contributed by atoms with van der Waals surface area (Å²) in [7, 11) is 1.80. The fourth-order valence-corrected chi connectivity index (χ4v) is 2.47. The standard InChI is InChI=1S/C13H20N8/c1-14-11-17-12(20-7-5-3-2-4-6-8-20)19-13(18-11)21-10-15-9-16-21/h9-10H,2-8H2,1H3,(H,14,17,18,19). The molecule has 8 heteroatoms. The van der Waals surface area contributed by atoms with Crippen LogP contribution in [0, 0.1) is 0 Å². The number of hydrogen-bond donors (Lipinski definition) is 1. The summed E-state index contributed by atoms with van der Waals surface area (Å²) in [5.74, 6) is 1.75. The minimum atomic E-state index is 0.490. The zero-order chi connectivity index (χ0) is 14.5. The maximum absolute atomic E-state index is 4.54. The topological polar surface area (TPSA) is 84.7 Å². The molecule has 8 nitrogen and oxygen atoms in total. The van der Waals surface area contributed by atoms with Gasteiger partial charge in [-0.05, 0) is 12.8 Å². The van der Waals surface area contributed by atoms with E-state index in [9.17, 15) is 0 Å². The van der Waals surface area contributed by atoms with Gasteiger partial charge in [-0.3, -0.25) is 0 Å². The monoisotopic (exact) mass is 288 g/mol. The maximum atomic E-state index is 4.54. The first-order valence-corrected chi connectivity index (χ1v) is 7.40. The van der Waals surface area contributed by atoms with Crippen molar-refractivity contribution in [1.29, 1.82) is 0 Å². The van der Waals surface area contributed by atoms with E-state index in [1.165, 1.54) is 38.4 Å². The molecule has 0 spiro atoms. The predicted molar refractivity (Wildman–Crippen MR) is 79.6 cm³/mol. The molecule has 0 aliphatic carbocycles. The maximum Gasteiger partial charge on any atom is 0.258 e. The number of aromatic nitrogens is 6. The SMILES string of the molecule is CNc1nc(N2CCCCCCC2)nc(-n2cncn2)n1. The Balaban J connectivity index is 1.91. The number of hydrogen-bond acceptors (Lipinski definition) is 7. The lowest BCUT2D eigenvalue weighted by molar-refractivity contribution is 0.549. The molecule has 1 aliphatic rings. The van der Waals surface area contributed by atoms with Gasteiger partial charge >= 0.3 is 0 Å². The molecule has 0 radical (unpaired) electrons. The van der Waals surface area contributed by atoms with Gasteiger partial charge in [0.25, 0.3) is 5.95 Å². The number of anilines is 2. The average molecular weight is 288 g/mol. The van der Waals surface area contributed by atoms with E-state index in [0.29, 0.717) is 17.8 Å². The lowest BCUT2D eigenvalue weighted by Gasteiger charge is -2.25. The quantitative estimate of drug-likeness (QED) is 0.910. The largest absolute Gasteiger partial charge is 0.357 e. The zero-order valence-corrected chi connectivity index (χ0v) is 12.2. The third-order valence-electron chi connectivity index (χ3n) is 3.60. The molecule has 0 aromatic carbocycles. The van der Waals surface area contributed by atoms with Crippen LogP contribution in [0.2, 0.25) is 0 Å². The lowest BCUT2D eigenvalue weighted by atomic mass is 10.1. The van der Waals surface area contributed by atoms with Crippen LogP contribution in [0.4, 0.5) is 11.9 Å². The van der Waals surface area contributed by atoms with Gasteiger partial charge in [0.2, 0.25) is 11.9 Å². The normalized spacial score (nSPS) is 16.3. The van der Waals surface area contributed by atoms with Crippen LogP contribution in [0.1, 0.15) is 32.1 Å². The van der Waals surface area contributed by atoms with Crippen molar-refractivity contribution in [3.05, 3.63) is 12.7 Å². The van der Waals surface area contributed by atoms with Crippen molar-refractivity contribution in [1.82, 2.24) is 29.7 Å². The van der Waals surface area contributed by atoms with Crippen molar-refractivity contribution >= 4 is 11.9 Å². The van der Waals surface area contributed by atoms with Gasteiger partial charge in [-0.2, -0.15) is 24.7 Å². The Hall–Kier alpha value is -2.25. The minimum Gasteiger partial charge on any atom is -0.357 e. The highest BCUT2D eigenvalue weighted by molar-refractivity contribution is 5.39. The molecule has 112 valence electrons. The van der Waals surface area contributed by atoms with Gasteiger partial charge in [-0.15, -0.1) is 0 Å². The van der Waals surface area contributed by atoms with Gasteiger partial charge in [0.15, 0.2) is 0 Å². The Morgan fingerprint density at radius 3 is 2.33 bits per heavy atom. The summed E-state index contributed by atoms with van der Waals surface area (Å²) in [6, 6.07) is 0. The van der Waals surface area contributed by atoms with Crippen molar-refractivity contribution in [2.24, 2.45) is 0 Å². The Labute approximate surface area is 123 Å². The summed E-state index contributed by atoms with van der Waals surface area (Å²) < 4.78 is 1.55. The lowest BCUT2D eigenvalue weighted by Crippen LogP contribution is -2.29. The van der Waals surface area contributed by atoms with Crippen molar-refractivity contribution in [3.63, 3.8) is 0 Å². The van der Waals surface area contributed by atoms with Crippen LogP contribution < -0.4 is 10.2 Å². The van der Waals surface area contributed by atoms with Crippen LogP contribution in [-0.4, -0.2) is 49.9 Å². The summed E-state index contributed by atoms with van der Waals surface area (Å²) in [4.78, 5) is 19.5. The smallest absolute Gasteiger partial charge is 0.258 e. The van der Waals surface area contributed by atoms with Gasteiger partial charge in [-0.25, -0.2) is 4.98 Å². The first kappa shape index (κ1) is 13.7. The summed E-state index contributed by atoms with van der Waals surface area (Å²) in [6.45, 7) is 1.98. The Morgan fingerprint density at radius 2 is 1.67 bits per heavy atom. The van der Waals surface area contributed by atoms with Crippen molar-refractivity contribution in [2.45, 2.75) is 32.1 Å². The van der Waals surface area contributed by atoms with E-state index < -0.39 is 0 Å². The first-order valence-electron chi connectivity index (χ1n) is 7.40. The molecule has 0 unspecified atom stereocenters. The molecule has 3 rings (SSSR count). The first-order chi connectivity index (χ1) is 10.4. The second kappa shape index (κ2) is 6.47. The molecule has 3 heterocycles. The fraction of sp³-hybridized carbons (Fsp3) is 0.615. The molecular formula is C13H20N8. The van der Waals surface area contributed by atoms with Gasteiger partial charge in [0.05, 0.1) is 0 Å². The second-order valence-electron chi connectivity index (χ2n) is 5.10. The fourth-order valence-electron chi connectivity index (χ4n) is 2.47. The molecule has 2 aromatic heterocycles. The zero-order valence-electron chi connectivity index (χ0n) is 12.2. The van der Waals surface area contributed by atoms with E-state index in [1.807, 2.05) is 0 Å². The predicted octanol–water partition coefficient (Wildman–Crippen LogP) is 1.26. The van der Waals surface area contributed by atoms with E-state index in [1.54, 1.807) is 18.1 Å². The number of rotatable bonds is 3. The van der Waals surface area contributed by atoms with E-state index in [-0.39, 0.29) is 0 Å². The summed E-state index contributed by atoms with van der Waals surface area (Å²) in [6.07, 6.45) is 9.30. The minimum absolute atomic E-state index is 0.490. The molecule has 1 N–H and O–H groups in total. The van der Waals surface area contributed by atoms with Gasteiger partial charge < -0.3 is 10.2 Å². The summed E-state index contributed by atoms with van der Waals surface area (Å²) in [5.41, 5.74) is 0. The van der Waals surface area contributed by atoms with Gasteiger partial charge in [0, 0.05) is 20.1 Å². The highest BCUT2D eigenvalue weighted by atomic mass is 15.4. The molecular weight excluding hydrogens is 268 g/mol. The van der Waals surface area contributed by atoms with Crippen LogP contribution in [0.25, 0.3) is 5.95 Å². The highest BCUT2D eigenvalue weighted by Crippen LogP contribution is 2.17. The summed E-state index contributed by atoms with van der Waals surface area (Å²) in [5, 5.41) is 7.07. The van der Waals surface area contributed by atoms with Gasteiger partial charge in [0.1, 0.15) is 12.7 Å². The van der Waals surface area contributed by atoms with Crippen molar-refractivity contribution < 1.29 is 0 Å². The van der Waals surface area contributed by atoms with Crippen LogP contribution in [0.15, 0.2) is 12.7 Å². The molecule has 0 saturated carbocycles. The van der Waals surface area contributed by atoms with E-state index in [2.05, 4.69) is 35.3 Å². The van der Waals surface area contributed by atoms with E-state index in [0.717, 1.165) is 13.1 Å². The summed E-state index contributed by atoms with van der Waals surface area (Å²) >= 11 is 0. The Bertz CT molecular complexity index is 560. The molecule has 1 fully saturated rings. The molecule has 21 heavy (non-hydrogen) atoms. The molecule has 0 bridgehead atoms. The van der Waals surface area contributed by atoms with Crippen molar-refractivity contribution in [2.75, 3.05) is 30.4 Å². The number of nitrogens with one attached hydrogen (secondary N) is 1. The Morgan fingerprint density at radius 1 is 0.952 bits per heavy atom.